The third kappa shape index (κ3) is 4.32. The molecule has 0 amide bonds. The van der Waals surface area contributed by atoms with Crippen LogP contribution in [0.1, 0.15) is 28.8 Å². The summed E-state index contributed by atoms with van der Waals surface area (Å²) in [5.74, 6) is -0.129. The van der Waals surface area contributed by atoms with Crippen LogP contribution in [0.25, 0.3) is 0 Å². The predicted octanol–water partition coefficient (Wildman–Crippen LogP) is 2.29. The molecule has 1 heterocycles. The van der Waals surface area contributed by atoms with Crippen molar-refractivity contribution in [2.24, 2.45) is 5.92 Å². The highest BCUT2D eigenvalue weighted by atomic mass is 16.5. The van der Waals surface area contributed by atoms with E-state index in [0.29, 0.717) is 11.5 Å². The van der Waals surface area contributed by atoms with Crippen LogP contribution in [0.3, 0.4) is 0 Å². The molecule has 1 aromatic rings. The van der Waals surface area contributed by atoms with E-state index in [-0.39, 0.29) is 0 Å². The van der Waals surface area contributed by atoms with Crippen molar-refractivity contribution in [1.82, 2.24) is 4.90 Å². The number of aromatic carboxylic acids is 1. The van der Waals surface area contributed by atoms with Gasteiger partial charge in [-0.2, -0.15) is 0 Å². The van der Waals surface area contributed by atoms with E-state index in [2.05, 4.69) is 11.9 Å². The zero-order valence-electron chi connectivity index (χ0n) is 12.0. The lowest BCUT2D eigenvalue weighted by Gasteiger charge is -2.27. The lowest BCUT2D eigenvalue weighted by Crippen LogP contribution is -2.31. The fourth-order valence-electron chi connectivity index (χ4n) is 2.72. The maximum absolute atomic E-state index is 11.2. The number of nitrogens with zero attached hydrogens (tertiary/aromatic N) is 1. The lowest BCUT2D eigenvalue weighted by molar-refractivity contribution is 0.0558. The first-order chi connectivity index (χ1) is 9.66. The van der Waals surface area contributed by atoms with Crippen LogP contribution in [0.4, 0.5) is 0 Å². The van der Waals surface area contributed by atoms with Gasteiger partial charge in [0.2, 0.25) is 0 Å². The number of likely N-dealkylation sites (N-methyl/N-ethyl adjacent to an activating group) is 1. The largest absolute Gasteiger partial charge is 0.478 e. The Labute approximate surface area is 120 Å². The molecule has 110 valence electrons. The van der Waals surface area contributed by atoms with Gasteiger partial charge in [-0.05, 0) is 43.9 Å². The Balaban J connectivity index is 1.83. The van der Waals surface area contributed by atoms with Gasteiger partial charge in [0.1, 0.15) is 0 Å². The summed E-state index contributed by atoms with van der Waals surface area (Å²) < 4.78 is 5.37. The van der Waals surface area contributed by atoms with E-state index in [4.69, 9.17) is 9.84 Å². The Hall–Kier alpha value is -1.39. The Kier molecular flexibility index (Phi) is 5.56. The average molecular weight is 277 g/mol. The fraction of sp³-hybridized carbons (Fsp3) is 0.562. The molecule has 1 aliphatic rings. The zero-order chi connectivity index (χ0) is 14.4. The highest BCUT2D eigenvalue weighted by Crippen LogP contribution is 2.16. The van der Waals surface area contributed by atoms with Gasteiger partial charge in [0.25, 0.3) is 0 Å². The van der Waals surface area contributed by atoms with Crippen molar-refractivity contribution < 1.29 is 14.6 Å². The molecule has 0 aromatic heterocycles. The van der Waals surface area contributed by atoms with Gasteiger partial charge < -0.3 is 14.7 Å². The normalized spacial score (nSPS) is 16.5. The first-order valence-corrected chi connectivity index (χ1v) is 7.24. The summed E-state index contributed by atoms with van der Waals surface area (Å²) in [6.07, 6.45) is 3.05. The lowest BCUT2D eigenvalue weighted by atomic mass is 9.99. The molecule has 0 saturated carbocycles. The minimum atomic E-state index is -0.840. The molecule has 4 heteroatoms. The number of ether oxygens (including phenoxy) is 1. The smallest absolute Gasteiger partial charge is 0.335 e. The molecule has 1 saturated heterocycles. The highest BCUT2D eigenvalue weighted by Gasteiger charge is 2.16. The molecule has 20 heavy (non-hydrogen) atoms. The summed E-state index contributed by atoms with van der Waals surface area (Å²) in [5, 5.41) is 9.16. The molecular weight excluding hydrogens is 254 g/mol. The van der Waals surface area contributed by atoms with Gasteiger partial charge in [-0.25, -0.2) is 4.79 Å². The number of benzene rings is 1. The summed E-state index contributed by atoms with van der Waals surface area (Å²) in [7, 11) is 2.11. The SMILES string of the molecule is CN(CCc1ccccc1C(=O)O)CC1CCOCC1. The minimum absolute atomic E-state index is 0.423. The van der Waals surface area contributed by atoms with E-state index in [1.165, 1.54) is 0 Å². The van der Waals surface area contributed by atoms with Gasteiger partial charge in [-0.3, -0.25) is 0 Å². The second kappa shape index (κ2) is 7.41. The van der Waals surface area contributed by atoms with E-state index < -0.39 is 5.97 Å². The molecule has 0 atom stereocenters. The minimum Gasteiger partial charge on any atom is -0.478 e. The van der Waals surface area contributed by atoms with Crippen molar-refractivity contribution in [3.05, 3.63) is 35.4 Å². The Morgan fingerprint density at radius 2 is 2.05 bits per heavy atom. The number of rotatable bonds is 6. The molecule has 1 fully saturated rings. The topological polar surface area (TPSA) is 49.8 Å². The molecule has 0 radical (unpaired) electrons. The van der Waals surface area contributed by atoms with Crippen molar-refractivity contribution >= 4 is 5.97 Å². The van der Waals surface area contributed by atoms with Crippen LogP contribution >= 0.6 is 0 Å². The van der Waals surface area contributed by atoms with Gasteiger partial charge in [0.15, 0.2) is 0 Å². The predicted molar refractivity (Wildman–Crippen MR) is 78.1 cm³/mol. The van der Waals surface area contributed by atoms with Crippen LogP contribution in [0.2, 0.25) is 0 Å². The van der Waals surface area contributed by atoms with Crippen molar-refractivity contribution in [1.29, 1.82) is 0 Å². The number of hydrogen-bond acceptors (Lipinski definition) is 3. The van der Waals surface area contributed by atoms with E-state index in [0.717, 1.165) is 51.1 Å². The van der Waals surface area contributed by atoms with Crippen molar-refractivity contribution in [2.45, 2.75) is 19.3 Å². The number of carboxylic acids is 1. The van der Waals surface area contributed by atoms with E-state index >= 15 is 0 Å². The quantitative estimate of drug-likeness (QED) is 0.866. The van der Waals surface area contributed by atoms with Crippen molar-refractivity contribution in [2.75, 3.05) is 33.4 Å². The summed E-state index contributed by atoms with van der Waals surface area (Å²) in [5.41, 5.74) is 1.34. The molecule has 0 spiro atoms. The molecule has 1 aromatic carbocycles. The van der Waals surface area contributed by atoms with Crippen LogP contribution in [0.5, 0.6) is 0 Å². The van der Waals surface area contributed by atoms with Crippen LogP contribution in [0.15, 0.2) is 24.3 Å². The second-order valence-electron chi connectivity index (χ2n) is 5.53. The van der Waals surface area contributed by atoms with Crippen LogP contribution in [0, 0.1) is 5.92 Å². The third-order valence-corrected chi connectivity index (χ3v) is 3.92. The maximum atomic E-state index is 11.2. The van der Waals surface area contributed by atoms with E-state index in [1.807, 2.05) is 12.1 Å². The van der Waals surface area contributed by atoms with Crippen LogP contribution in [-0.2, 0) is 11.2 Å². The molecule has 1 aliphatic heterocycles. The summed E-state index contributed by atoms with van der Waals surface area (Å²) in [6, 6.07) is 7.26. The average Bonchev–Trinajstić information content (AvgIpc) is 2.46. The molecule has 0 aliphatic carbocycles. The first kappa shape index (κ1) is 15.0. The number of carbonyl (C=O) groups is 1. The van der Waals surface area contributed by atoms with Crippen LogP contribution < -0.4 is 0 Å². The third-order valence-electron chi connectivity index (χ3n) is 3.92. The van der Waals surface area contributed by atoms with Crippen LogP contribution in [-0.4, -0.2) is 49.3 Å². The van der Waals surface area contributed by atoms with Gasteiger partial charge in [0.05, 0.1) is 5.56 Å². The highest BCUT2D eigenvalue weighted by molar-refractivity contribution is 5.89. The first-order valence-electron chi connectivity index (χ1n) is 7.24. The molecule has 2 rings (SSSR count). The Morgan fingerprint density at radius 3 is 2.75 bits per heavy atom. The number of carboxylic acid groups (broad SMARTS) is 1. The standard InChI is InChI=1S/C16H23NO3/c1-17(12-13-7-10-20-11-8-13)9-6-14-4-2-3-5-15(14)16(18)19/h2-5,13H,6-12H2,1H3,(H,18,19). The van der Waals surface area contributed by atoms with Gasteiger partial charge >= 0.3 is 5.97 Å². The zero-order valence-corrected chi connectivity index (χ0v) is 12.0. The fourth-order valence-corrected chi connectivity index (χ4v) is 2.72. The monoisotopic (exact) mass is 277 g/mol. The van der Waals surface area contributed by atoms with Gasteiger partial charge in [0, 0.05) is 26.3 Å². The van der Waals surface area contributed by atoms with E-state index in [9.17, 15) is 4.79 Å². The Bertz CT molecular complexity index is 441. The van der Waals surface area contributed by atoms with Crippen molar-refractivity contribution in [3.8, 4) is 0 Å². The molecule has 1 N–H and O–H groups in total. The van der Waals surface area contributed by atoms with E-state index in [1.54, 1.807) is 12.1 Å². The second-order valence-corrected chi connectivity index (χ2v) is 5.53. The van der Waals surface area contributed by atoms with Gasteiger partial charge in [-0.15, -0.1) is 0 Å². The van der Waals surface area contributed by atoms with Crippen molar-refractivity contribution in [3.63, 3.8) is 0 Å². The molecule has 0 unspecified atom stereocenters. The summed E-state index contributed by atoms with van der Waals surface area (Å²) >= 11 is 0. The Morgan fingerprint density at radius 1 is 1.35 bits per heavy atom. The molecular formula is C16H23NO3. The summed E-state index contributed by atoms with van der Waals surface area (Å²) in [4.78, 5) is 13.5. The molecule has 4 nitrogen and oxygen atoms in total. The molecule has 0 bridgehead atoms. The summed E-state index contributed by atoms with van der Waals surface area (Å²) in [6.45, 7) is 3.71. The number of hydrogen-bond donors (Lipinski definition) is 1. The maximum Gasteiger partial charge on any atom is 0.335 e. The van der Waals surface area contributed by atoms with Gasteiger partial charge in [-0.1, -0.05) is 18.2 Å².